The first-order valence-corrected chi connectivity index (χ1v) is 11.5. The maximum atomic E-state index is 12.7. The standard InChI is InChI=1S/C23H26BrN3O4S/c1-29-20-10-8-15(13-21(20)30-2)22(28)31-19-11-9-17(24)12-16(19)14-25-27-23(32)26-18-6-4-3-5-7-18/h8-14,18H,3-7H2,1-2H3,(H2,26,27,32). The molecule has 0 amide bonds. The number of carbonyl (C=O) groups is 1. The quantitative estimate of drug-likeness (QED) is 0.178. The number of nitrogens with zero attached hydrogens (tertiary/aromatic N) is 1. The molecule has 1 saturated carbocycles. The Bertz CT molecular complexity index is 993. The van der Waals surface area contributed by atoms with Gasteiger partial charge in [0.1, 0.15) is 5.75 Å². The molecule has 2 N–H and O–H groups in total. The molecule has 1 fully saturated rings. The van der Waals surface area contributed by atoms with E-state index in [0.717, 1.165) is 17.3 Å². The van der Waals surface area contributed by atoms with E-state index in [2.05, 4.69) is 31.8 Å². The Kier molecular flexibility index (Phi) is 8.87. The van der Waals surface area contributed by atoms with E-state index in [1.165, 1.54) is 33.5 Å². The summed E-state index contributed by atoms with van der Waals surface area (Å²) in [6, 6.07) is 10.5. The van der Waals surface area contributed by atoms with Gasteiger partial charge >= 0.3 is 5.97 Å². The zero-order valence-electron chi connectivity index (χ0n) is 18.0. The van der Waals surface area contributed by atoms with Crippen LogP contribution in [-0.2, 0) is 0 Å². The van der Waals surface area contributed by atoms with E-state index < -0.39 is 5.97 Å². The second-order valence-electron chi connectivity index (χ2n) is 7.32. The second-order valence-corrected chi connectivity index (χ2v) is 8.64. The minimum absolute atomic E-state index is 0.337. The number of hydrogen-bond donors (Lipinski definition) is 2. The molecule has 7 nitrogen and oxygen atoms in total. The van der Waals surface area contributed by atoms with Crippen molar-refractivity contribution in [2.75, 3.05) is 14.2 Å². The molecule has 0 unspecified atom stereocenters. The fourth-order valence-electron chi connectivity index (χ4n) is 3.46. The van der Waals surface area contributed by atoms with Crippen molar-refractivity contribution in [2.24, 2.45) is 5.10 Å². The molecule has 32 heavy (non-hydrogen) atoms. The minimum Gasteiger partial charge on any atom is -0.493 e. The minimum atomic E-state index is -0.523. The van der Waals surface area contributed by atoms with Gasteiger partial charge in [0.25, 0.3) is 0 Å². The van der Waals surface area contributed by atoms with Crippen LogP contribution in [0.2, 0.25) is 0 Å². The number of esters is 1. The van der Waals surface area contributed by atoms with Crippen molar-refractivity contribution < 1.29 is 19.0 Å². The van der Waals surface area contributed by atoms with Gasteiger partial charge in [0.2, 0.25) is 0 Å². The van der Waals surface area contributed by atoms with Crippen LogP contribution in [0.25, 0.3) is 0 Å². The first kappa shape index (κ1) is 24.0. The lowest BCUT2D eigenvalue weighted by Gasteiger charge is -2.23. The Balaban J connectivity index is 1.67. The molecule has 2 aromatic rings. The van der Waals surface area contributed by atoms with Gasteiger partial charge in [0, 0.05) is 16.1 Å². The highest BCUT2D eigenvalue weighted by molar-refractivity contribution is 9.10. The molecule has 9 heteroatoms. The first-order valence-electron chi connectivity index (χ1n) is 10.3. The van der Waals surface area contributed by atoms with Crippen LogP contribution < -0.4 is 25.0 Å². The van der Waals surface area contributed by atoms with Gasteiger partial charge in [-0.3, -0.25) is 5.43 Å². The van der Waals surface area contributed by atoms with Gasteiger partial charge in [-0.2, -0.15) is 5.10 Å². The molecule has 1 aliphatic rings. The number of halogens is 1. The molecule has 0 saturated heterocycles. The Hall–Kier alpha value is -2.65. The summed E-state index contributed by atoms with van der Waals surface area (Å²) < 4.78 is 16.9. The molecule has 0 bridgehead atoms. The van der Waals surface area contributed by atoms with Crippen molar-refractivity contribution in [3.8, 4) is 17.2 Å². The predicted molar refractivity (Wildman–Crippen MR) is 132 cm³/mol. The number of nitrogens with one attached hydrogen (secondary N) is 2. The van der Waals surface area contributed by atoms with Crippen LogP contribution in [0.1, 0.15) is 48.0 Å². The van der Waals surface area contributed by atoms with Crippen molar-refractivity contribution in [1.82, 2.24) is 10.7 Å². The van der Waals surface area contributed by atoms with Crippen LogP contribution in [0.3, 0.4) is 0 Å². The maximum absolute atomic E-state index is 12.7. The average Bonchev–Trinajstić information content (AvgIpc) is 2.80. The lowest BCUT2D eigenvalue weighted by molar-refractivity contribution is 0.0734. The van der Waals surface area contributed by atoms with E-state index in [1.807, 2.05) is 0 Å². The van der Waals surface area contributed by atoms with E-state index in [4.69, 9.17) is 26.4 Å². The highest BCUT2D eigenvalue weighted by Gasteiger charge is 2.15. The molecule has 0 aromatic heterocycles. The second kappa shape index (κ2) is 11.8. The number of ether oxygens (including phenoxy) is 3. The number of thiocarbonyl (C=S) groups is 1. The highest BCUT2D eigenvalue weighted by atomic mass is 79.9. The van der Waals surface area contributed by atoms with E-state index >= 15 is 0 Å². The lowest BCUT2D eigenvalue weighted by Crippen LogP contribution is -2.40. The molecule has 0 spiro atoms. The summed E-state index contributed by atoms with van der Waals surface area (Å²) in [5.74, 6) is 0.821. The Morgan fingerprint density at radius 2 is 1.78 bits per heavy atom. The first-order chi connectivity index (χ1) is 15.5. The average molecular weight is 520 g/mol. The molecule has 3 rings (SSSR count). The SMILES string of the molecule is COc1ccc(C(=O)Oc2ccc(Br)cc2C=NNC(=S)NC2CCCCC2)cc1OC. The summed E-state index contributed by atoms with van der Waals surface area (Å²) in [6.45, 7) is 0. The van der Waals surface area contributed by atoms with Crippen molar-refractivity contribution >= 4 is 45.4 Å². The van der Waals surface area contributed by atoms with Crippen LogP contribution in [-0.4, -0.2) is 37.6 Å². The summed E-state index contributed by atoms with van der Waals surface area (Å²) in [5.41, 5.74) is 3.79. The smallest absolute Gasteiger partial charge is 0.343 e. The predicted octanol–water partition coefficient (Wildman–Crippen LogP) is 4.82. The summed E-state index contributed by atoms with van der Waals surface area (Å²) in [6.07, 6.45) is 7.52. The normalized spacial score (nSPS) is 14.1. The largest absolute Gasteiger partial charge is 0.493 e. The van der Waals surface area contributed by atoms with E-state index in [-0.39, 0.29) is 0 Å². The fourth-order valence-corrected chi connectivity index (χ4v) is 4.06. The molecular weight excluding hydrogens is 494 g/mol. The summed E-state index contributed by atoms with van der Waals surface area (Å²) in [7, 11) is 3.05. The van der Waals surface area contributed by atoms with Gasteiger partial charge < -0.3 is 19.5 Å². The summed E-state index contributed by atoms with van der Waals surface area (Å²) in [5, 5.41) is 7.99. The van der Waals surface area contributed by atoms with Crippen LogP contribution in [0.4, 0.5) is 0 Å². The number of carbonyl (C=O) groups excluding carboxylic acids is 1. The van der Waals surface area contributed by atoms with E-state index in [1.54, 1.807) is 42.6 Å². The van der Waals surface area contributed by atoms with Crippen LogP contribution in [0.15, 0.2) is 46.0 Å². The van der Waals surface area contributed by atoms with E-state index in [9.17, 15) is 4.79 Å². The Morgan fingerprint density at radius 3 is 2.50 bits per heavy atom. The molecule has 170 valence electrons. The van der Waals surface area contributed by atoms with Gasteiger partial charge in [-0.25, -0.2) is 4.79 Å². The fraction of sp³-hybridized carbons (Fsp3) is 0.348. The van der Waals surface area contributed by atoms with Crippen molar-refractivity contribution in [1.29, 1.82) is 0 Å². The third kappa shape index (κ3) is 6.67. The van der Waals surface area contributed by atoms with Gasteiger partial charge in [-0.05, 0) is 61.5 Å². The number of methoxy groups -OCH3 is 2. The molecule has 0 heterocycles. The molecule has 2 aromatic carbocycles. The summed E-state index contributed by atoms with van der Waals surface area (Å²) in [4.78, 5) is 12.7. The van der Waals surface area contributed by atoms with Gasteiger partial charge in [0.05, 0.1) is 26.0 Å². The number of rotatable bonds is 7. The molecule has 0 atom stereocenters. The van der Waals surface area contributed by atoms with Crippen LogP contribution in [0.5, 0.6) is 17.2 Å². The maximum Gasteiger partial charge on any atom is 0.343 e. The van der Waals surface area contributed by atoms with Crippen LogP contribution in [0, 0.1) is 0 Å². The Labute approximate surface area is 201 Å². The number of benzene rings is 2. The number of hydrazone groups is 1. The molecular formula is C23H26BrN3O4S. The monoisotopic (exact) mass is 519 g/mol. The molecule has 0 aliphatic heterocycles. The van der Waals surface area contributed by atoms with Crippen molar-refractivity contribution in [3.63, 3.8) is 0 Å². The van der Waals surface area contributed by atoms with Crippen molar-refractivity contribution in [2.45, 2.75) is 38.1 Å². The summed E-state index contributed by atoms with van der Waals surface area (Å²) >= 11 is 8.77. The zero-order chi connectivity index (χ0) is 22.9. The zero-order valence-corrected chi connectivity index (χ0v) is 20.4. The lowest BCUT2D eigenvalue weighted by atomic mass is 9.96. The third-order valence-corrected chi connectivity index (χ3v) is 5.81. The molecule has 1 aliphatic carbocycles. The topological polar surface area (TPSA) is 81.2 Å². The van der Waals surface area contributed by atoms with Gasteiger partial charge in [-0.15, -0.1) is 0 Å². The Morgan fingerprint density at radius 1 is 1.06 bits per heavy atom. The highest BCUT2D eigenvalue weighted by Crippen LogP contribution is 2.29. The number of hydrogen-bond acceptors (Lipinski definition) is 6. The van der Waals surface area contributed by atoms with Gasteiger partial charge in [-0.1, -0.05) is 35.2 Å². The third-order valence-electron chi connectivity index (χ3n) is 5.10. The molecule has 0 radical (unpaired) electrons. The van der Waals surface area contributed by atoms with Crippen LogP contribution >= 0.6 is 28.1 Å². The van der Waals surface area contributed by atoms with Gasteiger partial charge in [0.15, 0.2) is 16.6 Å². The van der Waals surface area contributed by atoms with E-state index in [0.29, 0.717) is 39.5 Å². The van der Waals surface area contributed by atoms with Crippen molar-refractivity contribution in [3.05, 3.63) is 52.0 Å².